The normalized spacial score (nSPS) is 11.5. The van der Waals surface area contributed by atoms with Crippen LogP contribution in [0.1, 0.15) is 6.42 Å². The number of sulfonamides is 1. The zero-order valence-electron chi connectivity index (χ0n) is 7.64. The highest BCUT2D eigenvalue weighted by molar-refractivity contribution is 7.89. The highest BCUT2D eigenvalue weighted by Crippen LogP contribution is 2.09. The average Bonchev–Trinajstić information content (AvgIpc) is 2.67. The smallest absolute Gasteiger partial charge is 0.259 e. The van der Waals surface area contributed by atoms with Crippen LogP contribution < -0.4 is 0 Å². The summed E-state index contributed by atoms with van der Waals surface area (Å²) in [5.41, 5.74) is 0. The molecule has 14 heavy (non-hydrogen) atoms. The van der Waals surface area contributed by atoms with E-state index in [1.54, 1.807) is 0 Å². The number of aromatic nitrogens is 2. The second-order valence-electron chi connectivity index (χ2n) is 2.65. The van der Waals surface area contributed by atoms with Gasteiger partial charge in [-0.2, -0.15) is 9.57 Å². The molecule has 6 nitrogen and oxygen atoms in total. The van der Waals surface area contributed by atoms with E-state index >= 15 is 0 Å². The van der Waals surface area contributed by atoms with Crippen LogP contribution >= 0.6 is 0 Å². The Labute approximate surface area is 82.2 Å². The van der Waals surface area contributed by atoms with Crippen LogP contribution in [0, 0.1) is 11.3 Å². The maximum Gasteiger partial charge on any atom is 0.259 e. The lowest BCUT2D eigenvalue weighted by molar-refractivity contribution is 0.474. The van der Waals surface area contributed by atoms with Gasteiger partial charge in [-0.25, -0.2) is 13.4 Å². The monoisotopic (exact) mass is 214 g/mol. The van der Waals surface area contributed by atoms with Gasteiger partial charge in [0.05, 0.1) is 18.6 Å². The SMILES string of the molecule is CN(CCC#N)S(=O)(=O)c1cnc[nH]1. The van der Waals surface area contributed by atoms with Crippen LogP contribution in [0.2, 0.25) is 0 Å². The van der Waals surface area contributed by atoms with E-state index in [1.165, 1.54) is 19.6 Å². The summed E-state index contributed by atoms with van der Waals surface area (Å²) in [6.07, 6.45) is 2.70. The summed E-state index contributed by atoms with van der Waals surface area (Å²) in [5, 5.41) is 8.36. The Hall–Kier alpha value is -1.39. The van der Waals surface area contributed by atoms with E-state index in [4.69, 9.17) is 5.26 Å². The predicted octanol–water partition coefficient (Wildman–Crippen LogP) is -0.0561. The average molecular weight is 214 g/mol. The van der Waals surface area contributed by atoms with Crippen molar-refractivity contribution in [2.75, 3.05) is 13.6 Å². The van der Waals surface area contributed by atoms with Crippen LogP contribution in [-0.4, -0.2) is 36.3 Å². The second kappa shape index (κ2) is 4.21. The number of nitriles is 1. The predicted molar refractivity (Wildman–Crippen MR) is 48.6 cm³/mol. The minimum Gasteiger partial charge on any atom is -0.335 e. The van der Waals surface area contributed by atoms with Gasteiger partial charge in [0.1, 0.15) is 0 Å². The summed E-state index contributed by atoms with van der Waals surface area (Å²) in [5.74, 6) is 0. The highest BCUT2D eigenvalue weighted by atomic mass is 32.2. The standard InChI is InChI=1S/C7H10N4O2S/c1-11(4-2-3-8)14(12,13)7-5-9-6-10-7/h5-6H,2,4H2,1H3,(H,9,10). The molecule has 0 unspecified atom stereocenters. The number of aromatic amines is 1. The van der Waals surface area contributed by atoms with Gasteiger partial charge in [0.25, 0.3) is 10.0 Å². The van der Waals surface area contributed by atoms with Crippen LogP contribution in [0.5, 0.6) is 0 Å². The van der Waals surface area contributed by atoms with Crippen molar-refractivity contribution < 1.29 is 8.42 Å². The van der Waals surface area contributed by atoms with E-state index in [0.717, 1.165) is 4.31 Å². The maximum absolute atomic E-state index is 11.6. The molecule has 1 heterocycles. The zero-order chi connectivity index (χ0) is 10.6. The summed E-state index contributed by atoms with van der Waals surface area (Å²) in [7, 11) is -2.08. The Morgan fingerprint density at radius 2 is 2.43 bits per heavy atom. The lowest BCUT2D eigenvalue weighted by Crippen LogP contribution is -2.28. The number of imidazole rings is 1. The summed E-state index contributed by atoms with van der Waals surface area (Å²) < 4.78 is 24.4. The van der Waals surface area contributed by atoms with E-state index < -0.39 is 10.0 Å². The molecule has 1 aromatic rings. The van der Waals surface area contributed by atoms with Crippen molar-refractivity contribution in [2.45, 2.75) is 11.4 Å². The van der Waals surface area contributed by atoms with Crippen molar-refractivity contribution in [2.24, 2.45) is 0 Å². The summed E-state index contributed by atoms with van der Waals surface area (Å²) in [6, 6.07) is 1.88. The molecule has 1 aromatic heterocycles. The first-order valence-electron chi connectivity index (χ1n) is 3.90. The Morgan fingerprint density at radius 1 is 1.71 bits per heavy atom. The van der Waals surface area contributed by atoms with Gasteiger partial charge in [-0.3, -0.25) is 0 Å². The number of nitrogens with zero attached hydrogens (tertiary/aromatic N) is 3. The molecule has 0 amide bonds. The summed E-state index contributed by atoms with van der Waals surface area (Å²) >= 11 is 0. The minimum atomic E-state index is -3.50. The quantitative estimate of drug-likeness (QED) is 0.760. The highest BCUT2D eigenvalue weighted by Gasteiger charge is 2.21. The largest absolute Gasteiger partial charge is 0.335 e. The van der Waals surface area contributed by atoms with Crippen LogP contribution in [-0.2, 0) is 10.0 Å². The van der Waals surface area contributed by atoms with Crippen molar-refractivity contribution in [1.29, 1.82) is 5.26 Å². The van der Waals surface area contributed by atoms with Crippen molar-refractivity contribution in [1.82, 2.24) is 14.3 Å². The zero-order valence-corrected chi connectivity index (χ0v) is 8.45. The Morgan fingerprint density at radius 3 is 2.93 bits per heavy atom. The molecule has 0 aromatic carbocycles. The second-order valence-corrected chi connectivity index (χ2v) is 4.66. The molecule has 1 rings (SSSR count). The van der Waals surface area contributed by atoms with Crippen molar-refractivity contribution in [3.8, 4) is 6.07 Å². The van der Waals surface area contributed by atoms with Crippen molar-refractivity contribution in [3.63, 3.8) is 0 Å². The van der Waals surface area contributed by atoms with Gasteiger partial charge in [0, 0.05) is 20.0 Å². The van der Waals surface area contributed by atoms with E-state index in [9.17, 15) is 8.42 Å². The van der Waals surface area contributed by atoms with Crippen LogP contribution in [0.25, 0.3) is 0 Å². The van der Waals surface area contributed by atoms with E-state index in [2.05, 4.69) is 9.97 Å². The van der Waals surface area contributed by atoms with Gasteiger partial charge in [-0.05, 0) is 0 Å². The van der Waals surface area contributed by atoms with Crippen LogP contribution in [0.4, 0.5) is 0 Å². The fraction of sp³-hybridized carbons (Fsp3) is 0.429. The van der Waals surface area contributed by atoms with Gasteiger partial charge in [0.2, 0.25) is 0 Å². The molecule has 0 fully saturated rings. The summed E-state index contributed by atoms with van der Waals surface area (Å²) in [6.45, 7) is 0.178. The minimum absolute atomic E-state index is 0.0398. The Bertz CT molecular complexity index is 417. The fourth-order valence-electron chi connectivity index (χ4n) is 0.880. The van der Waals surface area contributed by atoms with Crippen LogP contribution in [0.3, 0.4) is 0 Å². The van der Waals surface area contributed by atoms with Gasteiger partial charge < -0.3 is 4.98 Å². The Kier molecular flexibility index (Phi) is 3.22. The molecular formula is C7H10N4O2S. The lowest BCUT2D eigenvalue weighted by atomic mass is 10.5. The molecule has 1 N–H and O–H groups in total. The van der Waals surface area contributed by atoms with Crippen molar-refractivity contribution in [3.05, 3.63) is 12.5 Å². The molecule has 0 aliphatic rings. The molecule has 0 aliphatic carbocycles. The number of rotatable bonds is 4. The molecule has 0 spiro atoms. The molecular weight excluding hydrogens is 204 g/mol. The number of H-pyrrole nitrogens is 1. The first-order chi connectivity index (χ1) is 6.59. The lowest BCUT2D eigenvalue weighted by Gasteiger charge is -2.13. The topological polar surface area (TPSA) is 89.8 Å². The van der Waals surface area contributed by atoms with E-state index in [1.807, 2.05) is 6.07 Å². The Balaban J connectivity index is 2.82. The van der Waals surface area contributed by atoms with Gasteiger partial charge >= 0.3 is 0 Å². The van der Waals surface area contributed by atoms with Gasteiger partial charge in [-0.1, -0.05) is 0 Å². The van der Waals surface area contributed by atoms with Gasteiger partial charge in [-0.15, -0.1) is 0 Å². The number of hydrogen-bond acceptors (Lipinski definition) is 4. The first-order valence-corrected chi connectivity index (χ1v) is 5.34. The third-order valence-corrected chi connectivity index (χ3v) is 3.48. The molecule has 0 saturated heterocycles. The number of nitrogens with one attached hydrogen (secondary N) is 1. The third kappa shape index (κ3) is 2.10. The molecule has 0 atom stereocenters. The molecule has 7 heteroatoms. The van der Waals surface area contributed by atoms with E-state index in [-0.39, 0.29) is 18.0 Å². The van der Waals surface area contributed by atoms with Crippen molar-refractivity contribution >= 4 is 10.0 Å². The van der Waals surface area contributed by atoms with E-state index in [0.29, 0.717) is 0 Å². The summed E-state index contributed by atoms with van der Waals surface area (Å²) in [4.78, 5) is 6.14. The molecule has 0 radical (unpaired) electrons. The maximum atomic E-state index is 11.6. The van der Waals surface area contributed by atoms with Gasteiger partial charge in [0.15, 0.2) is 5.03 Å². The molecule has 0 bridgehead atoms. The van der Waals surface area contributed by atoms with Crippen LogP contribution in [0.15, 0.2) is 17.6 Å². The molecule has 0 saturated carbocycles. The number of hydrogen-bond donors (Lipinski definition) is 1. The first kappa shape index (κ1) is 10.7. The molecule has 76 valence electrons. The third-order valence-electron chi connectivity index (χ3n) is 1.70. The molecule has 0 aliphatic heterocycles. The fourth-order valence-corrected chi connectivity index (χ4v) is 1.94.